The van der Waals surface area contributed by atoms with Crippen LogP contribution in [0.1, 0.15) is 30.9 Å². The first-order chi connectivity index (χ1) is 7.69. The molecule has 1 saturated carbocycles. The molecule has 4 N–H and O–H groups in total. The van der Waals surface area contributed by atoms with Crippen LogP contribution in [0.25, 0.3) is 0 Å². The minimum absolute atomic E-state index is 0.00512. The molecular weight excluding hydrogens is 208 g/mol. The van der Waals surface area contributed by atoms with Crippen molar-refractivity contribution in [3.05, 3.63) is 11.8 Å². The molecular formula is C10H16N4O2. The summed E-state index contributed by atoms with van der Waals surface area (Å²) in [6.07, 6.45) is 2.33. The van der Waals surface area contributed by atoms with Crippen molar-refractivity contribution in [1.29, 1.82) is 0 Å². The lowest BCUT2D eigenvalue weighted by Crippen LogP contribution is -2.24. The van der Waals surface area contributed by atoms with Crippen molar-refractivity contribution in [3.63, 3.8) is 0 Å². The molecule has 0 radical (unpaired) electrons. The number of carbonyl (C=O) groups is 1. The van der Waals surface area contributed by atoms with Gasteiger partial charge < -0.3 is 15.8 Å². The molecule has 16 heavy (non-hydrogen) atoms. The summed E-state index contributed by atoms with van der Waals surface area (Å²) in [5.74, 6) is 0.866. The number of alkyl carbamates (subject to hydrolysis) is 1. The van der Waals surface area contributed by atoms with E-state index in [1.165, 1.54) is 0 Å². The van der Waals surface area contributed by atoms with Gasteiger partial charge in [0, 0.05) is 24.7 Å². The number of nitrogens with two attached hydrogens (primary N) is 1. The van der Waals surface area contributed by atoms with Crippen LogP contribution in [0, 0.1) is 0 Å². The number of rotatable bonds is 2. The average Bonchev–Trinajstić information content (AvgIpc) is 2.87. The van der Waals surface area contributed by atoms with Crippen molar-refractivity contribution in [1.82, 2.24) is 15.5 Å². The number of aromatic nitrogens is 2. The molecule has 1 aliphatic carbocycles. The summed E-state index contributed by atoms with van der Waals surface area (Å²) in [5, 5.41) is 9.25. The summed E-state index contributed by atoms with van der Waals surface area (Å²) in [7, 11) is 1.56. The molecule has 2 atom stereocenters. The Morgan fingerprint density at radius 3 is 3.12 bits per heavy atom. The zero-order valence-electron chi connectivity index (χ0n) is 9.19. The standard InChI is InChI=1S/C10H16N4O2/c1-12-10(15)16-7-3-2-6(4-7)8-5-9(11)14-13-8/h5-7H,2-4H2,1H3,(H,12,15)(H3,11,13,14)/t6-,7+/m0/s1. The Hall–Kier alpha value is -1.72. The van der Waals surface area contributed by atoms with Crippen molar-refractivity contribution >= 4 is 11.9 Å². The molecule has 0 bridgehead atoms. The number of nitrogen functional groups attached to an aromatic ring is 1. The molecule has 0 saturated heterocycles. The Labute approximate surface area is 93.5 Å². The van der Waals surface area contributed by atoms with E-state index < -0.39 is 0 Å². The van der Waals surface area contributed by atoms with Crippen molar-refractivity contribution in [2.24, 2.45) is 0 Å². The highest BCUT2D eigenvalue weighted by molar-refractivity contribution is 5.66. The Morgan fingerprint density at radius 1 is 1.69 bits per heavy atom. The summed E-state index contributed by atoms with van der Waals surface area (Å²) in [6, 6.07) is 1.84. The van der Waals surface area contributed by atoms with E-state index in [1.54, 1.807) is 7.05 Å². The Kier molecular flexibility index (Phi) is 2.98. The average molecular weight is 224 g/mol. The molecule has 0 unspecified atom stereocenters. The second kappa shape index (κ2) is 4.42. The lowest BCUT2D eigenvalue weighted by molar-refractivity contribution is 0.102. The fraction of sp³-hybridized carbons (Fsp3) is 0.600. The number of carbonyl (C=O) groups excluding carboxylic acids is 1. The van der Waals surface area contributed by atoms with Crippen molar-refractivity contribution in [3.8, 4) is 0 Å². The van der Waals surface area contributed by atoms with Crippen LogP contribution in [0.15, 0.2) is 6.07 Å². The summed E-state index contributed by atoms with van der Waals surface area (Å²) in [6.45, 7) is 0. The minimum atomic E-state index is -0.366. The van der Waals surface area contributed by atoms with Gasteiger partial charge in [-0.25, -0.2) is 4.79 Å². The van der Waals surface area contributed by atoms with Gasteiger partial charge in [-0.1, -0.05) is 0 Å². The first-order valence-electron chi connectivity index (χ1n) is 5.38. The van der Waals surface area contributed by atoms with Crippen LogP contribution in [0.5, 0.6) is 0 Å². The largest absolute Gasteiger partial charge is 0.446 e. The molecule has 1 aromatic heterocycles. The van der Waals surface area contributed by atoms with Crippen LogP contribution < -0.4 is 11.1 Å². The van der Waals surface area contributed by atoms with Gasteiger partial charge in [0.05, 0.1) is 0 Å². The molecule has 0 aliphatic heterocycles. The van der Waals surface area contributed by atoms with Gasteiger partial charge in [0.15, 0.2) is 0 Å². The van der Waals surface area contributed by atoms with Crippen LogP contribution in [-0.2, 0) is 4.74 Å². The molecule has 1 heterocycles. The highest BCUT2D eigenvalue weighted by Gasteiger charge is 2.29. The lowest BCUT2D eigenvalue weighted by Gasteiger charge is -2.11. The van der Waals surface area contributed by atoms with E-state index >= 15 is 0 Å². The van der Waals surface area contributed by atoms with Crippen molar-refractivity contribution < 1.29 is 9.53 Å². The van der Waals surface area contributed by atoms with E-state index in [1.807, 2.05) is 6.07 Å². The molecule has 0 spiro atoms. The molecule has 1 aliphatic rings. The lowest BCUT2D eigenvalue weighted by atomic mass is 10.0. The molecule has 0 aromatic carbocycles. The van der Waals surface area contributed by atoms with Crippen LogP contribution in [-0.4, -0.2) is 29.4 Å². The molecule has 1 aromatic rings. The predicted octanol–water partition coefficient (Wildman–Crippen LogP) is 0.984. The quantitative estimate of drug-likeness (QED) is 0.698. The van der Waals surface area contributed by atoms with Gasteiger partial charge in [-0.05, 0) is 19.3 Å². The molecule has 1 fully saturated rings. The molecule has 88 valence electrons. The predicted molar refractivity (Wildman–Crippen MR) is 58.9 cm³/mol. The summed E-state index contributed by atoms with van der Waals surface area (Å²) < 4.78 is 5.20. The SMILES string of the molecule is CNC(=O)O[C@@H]1CC[C@H](c2cc(N)n[nH]2)C1. The van der Waals surface area contributed by atoms with Crippen LogP contribution in [0.4, 0.5) is 10.6 Å². The van der Waals surface area contributed by atoms with Crippen LogP contribution >= 0.6 is 0 Å². The van der Waals surface area contributed by atoms with E-state index in [0.717, 1.165) is 25.0 Å². The number of H-pyrrole nitrogens is 1. The molecule has 1 amide bonds. The van der Waals surface area contributed by atoms with Gasteiger partial charge in [-0.15, -0.1) is 0 Å². The van der Waals surface area contributed by atoms with E-state index in [9.17, 15) is 4.79 Å². The molecule has 2 rings (SSSR count). The first-order valence-corrected chi connectivity index (χ1v) is 5.38. The van der Waals surface area contributed by atoms with Gasteiger partial charge >= 0.3 is 6.09 Å². The smallest absolute Gasteiger partial charge is 0.407 e. The third kappa shape index (κ3) is 2.26. The fourth-order valence-electron chi connectivity index (χ4n) is 2.10. The van der Waals surface area contributed by atoms with Crippen molar-refractivity contribution in [2.45, 2.75) is 31.3 Å². The van der Waals surface area contributed by atoms with Gasteiger partial charge in [-0.2, -0.15) is 5.10 Å². The zero-order valence-corrected chi connectivity index (χ0v) is 9.19. The third-order valence-corrected chi connectivity index (χ3v) is 2.92. The second-order valence-electron chi connectivity index (χ2n) is 4.04. The maximum absolute atomic E-state index is 11.0. The summed E-state index contributed by atoms with van der Waals surface area (Å²) in [4.78, 5) is 11.0. The summed E-state index contributed by atoms with van der Waals surface area (Å²) in [5.41, 5.74) is 6.57. The van der Waals surface area contributed by atoms with Gasteiger partial charge in [0.25, 0.3) is 0 Å². The number of hydrogen-bond donors (Lipinski definition) is 3. The first kappa shape index (κ1) is 10.8. The van der Waals surface area contributed by atoms with Crippen LogP contribution in [0.2, 0.25) is 0 Å². The number of aromatic amines is 1. The highest BCUT2D eigenvalue weighted by atomic mass is 16.6. The van der Waals surface area contributed by atoms with Crippen molar-refractivity contribution in [2.75, 3.05) is 12.8 Å². The zero-order chi connectivity index (χ0) is 11.5. The number of nitrogens with one attached hydrogen (secondary N) is 2. The molecule has 6 heteroatoms. The fourth-order valence-corrected chi connectivity index (χ4v) is 2.10. The molecule has 6 nitrogen and oxygen atoms in total. The number of anilines is 1. The van der Waals surface area contributed by atoms with Gasteiger partial charge in [-0.3, -0.25) is 5.10 Å². The van der Waals surface area contributed by atoms with Gasteiger partial charge in [0.2, 0.25) is 0 Å². The van der Waals surface area contributed by atoms with E-state index in [0.29, 0.717) is 11.7 Å². The highest BCUT2D eigenvalue weighted by Crippen LogP contribution is 2.35. The summed E-state index contributed by atoms with van der Waals surface area (Å²) >= 11 is 0. The minimum Gasteiger partial charge on any atom is -0.446 e. The topological polar surface area (TPSA) is 93.0 Å². The Balaban J connectivity index is 1.90. The Bertz CT molecular complexity index is 377. The number of hydrogen-bond acceptors (Lipinski definition) is 4. The second-order valence-corrected chi connectivity index (χ2v) is 4.04. The third-order valence-electron chi connectivity index (χ3n) is 2.92. The maximum Gasteiger partial charge on any atom is 0.407 e. The van der Waals surface area contributed by atoms with E-state index in [4.69, 9.17) is 10.5 Å². The Morgan fingerprint density at radius 2 is 2.50 bits per heavy atom. The van der Waals surface area contributed by atoms with Gasteiger partial charge in [0.1, 0.15) is 11.9 Å². The van der Waals surface area contributed by atoms with E-state index in [-0.39, 0.29) is 12.2 Å². The normalized spacial score (nSPS) is 24.3. The number of ether oxygens (including phenoxy) is 1. The number of amides is 1. The number of nitrogens with zero attached hydrogens (tertiary/aromatic N) is 1. The maximum atomic E-state index is 11.0. The van der Waals surface area contributed by atoms with Crippen LogP contribution in [0.3, 0.4) is 0 Å². The van der Waals surface area contributed by atoms with E-state index in [2.05, 4.69) is 15.5 Å². The monoisotopic (exact) mass is 224 g/mol.